The molecular formula is C17H15N5S. The number of aryl methyl sites for hydroxylation is 1. The number of aromatic nitrogens is 4. The number of hydrogen-bond acceptors (Lipinski definition) is 5. The molecule has 1 aromatic carbocycles. The third-order valence-corrected chi connectivity index (χ3v) is 4.46. The average Bonchev–Trinajstić information content (AvgIpc) is 3.21. The summed E-state index contributed by atoms with van der Waals surface area (Å²) in [4.78, 5) is 11.5. The first-order chi connectivity index (χ1) is 11.3. The minimum atomic E-state index is 0.583. The van der Waals surface area contributed by atoms with Crippen LogP contribution in [0.15, 0.2) is 54.9 Å². The van der Waals surface area contributed by atoms with Crippen LogP contribution in [0.1, 0.15) is 10.4 Å². The van der Waals surface area contributed by atoms with Crippen LogP contribution in [0.5, 0.6) is 0 Å². The third-order valence-electron chi connectivity index (χ3n) is 3.52. The van der Waals surface area contributed by atoms with Gasteiger partial charge < -0.3 is 5.32 Å². The van der Waals surface area contributed by atoms with Crippen LogP contribution >= 0.6 is 11.3 Å². The lowest BCUT2D eigenvalue weighted by atomic mass is 10.2. The third kappa shape index (κ3) is 2.80. The zero-order valence-corrected chi connectivity index (χ0v) is 13.4. The Labute approximate surface area is 137 Å². The molecule has 0 bridgehead atoms. The van der Waals surface area contributed by atoms with Crippen molar-refractivity contribution in [1.29, 1.82) is 0 Å². The summed E-state index contributed by atoms with van der Waals surface area (Å²) in [5, 5.41) is 8.72. The van der Waals surface area contributed by atoms with E-state index < -0.39 is 0 Å². The van der Waals surface area contributed by atoms with Crippen molar-refractivity contribution in [2.24, 2.45) is 0 Å². The summed E-state index contributed by atoms with van der Waals surface area (Å²) in [6, 6.07) is 14.3. The first kappa shape index (κ1) is 13.9. The van der Waals surface area contributed by atoms with Gasteiger partial charge >= 0.3 is 0 Å². The van der Waals surface area contributed by atoms with Gasteiger partial charge in [-0.25, -0.2) is 4.68 Å². The Balaban J connectivity index is 1.74. The maximum Gasteiger partial charge on any atom is 0.253 e. The molecule has 0 radical (unpaired) electrons. The fourth-order valence-electron chi connectivity index (χ4n) is 2.44. The van der Waals surface area contributed by atoms with Gasteiger partial charge in [-0.05, 0) is 24.6 Å². The minimum Gasteiger partial charge on any atom is -0.365 e. The Morgan fingerprint density at radius 1 is 1.13 bits per heavy atom. The molecule has 5 nitrogen and oxygen atoms in total. The summed E-state index contributed by atoms with van der Waals surface area (Å²) in [7, 11) is 0. The highest BCUT2D eigenvalue weighted by Gasteiger charge is 2.11. The van der Waals surface area contributed by atoms with Gasteiger partial charge in [0.1, 0.15) is 10.6 Å². The molecule has 0 amide bonds. The molecule has 0 fully saturated rings. The molecule has 6 heteroatoms. The van der Waals surface area contributed by atoms with Crippen LogP contribution < -0.4 is 5.32 Å². The summed E-state index contributed by atoms with van der Waals surface area (Å²) < 4.78 is 1.68. The SMILES string of the molecule is Cc1cc2c(NCc3ccccc3)nc(-n3cccn3)nc2s1. The van der Waals surface area contributed by atoms with E-state index in [4.69, 9.17) is 0 Å². The molecular weight excluding hydrogens is 306 g/mol. The van der Waals surface area contributed by atoms with Gasteiger partial charge in [-0.1, -0.05) is 30.3 Å². The Hall–Kier alpha value is -2.73. The largest absolute Gasteiger partial charge is 0.365 e. The number of nitrogens with one attached hydrogen (secondary N) is 1. The second kappa shape index (κ2) is 5.81. The maximum absolute atomic E-state index is 4.66. The fourth-order valence-corrected chi connectivity index (χ4v) is 3.31. The van der Waals surface area contributed by atoms with Crippen molar-refractivity contribution in [1.82, 2.24) is 19.7 Å². The van der Waals surface area contributed by atoms with Gasteiger partial charge in [0.2, 0.25) is 0 Å². The van der Waals surface area contributed by atoms with Gasteiger partial charge in [0.15, 0.2) is 0 Å². The number of fused-ring (bicyclic) bond motifs is 1. The fraction of sp³-hybridized carbons (Fsp3) is 0.118. The van der Waals surface area contributed by atoms with Gasteiger partial charge in [-0.3, -0.25) is 0 Å². The monoisotopic (exact) mass is 321 g/mol. The normalized spacial score (nSPS) is 11.0. The summed E-state index contributed by atoms with van der Waals surface area (Å²) >= 11 is 1.67. The van der Waals surface area contributed by atoms with Crippen LogP contribution in [-0.2, 0) is 6.54 Å². The smallest absolute Gasteiger partial charge is 0.253 e. The lowest BCUT2D eigenvalue weighted by molar-refractivity contribution is 0.816. The van der Waals surface area contributed by atoms with Gasteiger partial charge in [0, 0.05) is 23.8 Å². The van der Waals surface area contributed by atoms with E-state index in [-0.39, 0.29) is 0 Å². The molecule has 0 atom stereocenters. The van der Waals surface area contributed by atoms with E-state index in [1.807, 2.05) is 30.5 Å². The standard InChI is InChI=1S/C17H15N5S/c1-12-10-14-15(18-11-13-6-3-2-4-7-13)20-17(21-16(14)23-12)22-9-5-8-19-22/h2-10H,11H2,1H3,(H,18,20,21). The van der Waals surface area contributed by atoms with Crippen LogP contribution in [0.25, 0.3) is 16.2 Å². The van der Waals surface area contributed by atoms with E-state index in [2.05, 4.69) is 45.5 Å². The molecule has 114 valence electrons. The van der Waals surface area contributed by atoms with E-state index in [1.54, 1.807) is 22.2 Å². The maximum atomic E-state index is 4.66. The van der Waals surface area contributed by atoms with Gasteiger partial charge in [0.05, 0.1) is 5.39 Å². The van der Waals surface area contributed by atoms with Crippen molar-refractivity contribution in [2.45, 2.75) is 13.5 Å². The van der Waals surface area contributed by atoms with E-state index in [9.17, 15) is 0 Å². The predicted octanol–water partition coefficient (Wildman–Crippen LogP) is 3.80. The lowest BCUT2D eigenvalue weighted by Crippen LogP contribution is -2.07. The van der Waals surface area contributed by atoms with Crippen molar-refractivity contribution in [3.8, 4) is 5.95 Å². The topological polar surface area (TPSA) is 55.6 Å². The zero-order chi connectivity index (χ0) is 15.6. The first-order valence-corrected chi connectivity index (χ1v) is 8.17. The van der Waals surface area contributed by atoms with E-state index in [0.717, 1.165) is 22.6 Å². The molecule has 1 N–H and O–H groups in total. The molecule has 0 unspecified atom stereocenters. The summed E-state index contributed by atoms with van der Waals surface area (Å²) in [5.74, 6) is 1.42. The minimum absolute atomic E-state index is 0.583. The quantitative estimate of drug-likeness (QED) is 0.621. The Morgan fingerprint density at radius 3 is 2.78 bits per heavy atom. The molecule has 0 saturated carbocycles. The molecule has 0 aliphatic heterocycles. The molecule has 3 aromatic heterocycles. The summed E-state index contributed by atoms with van der Waals surface area (Å²) in [5.41, 5.74) is 1.21. The summed E-state index contributed by atoms with van der Waals surface area (Å²) in [6.07, 6.45) is 3.58. The second-order valence-corrected chi connectivity index (χ2v) is 6.47. The first-order valence-electron chi connectivity index (χ1n) is 7.35. The molecule has 0 saturated heterocycles. The molecule has 0 spiro atoms. The molecule has 0 aliphatic rings. The van der Waals surface area contributed by atoms with Crippen LogP contribution in [0.3, 0.4) is 0 Å². The predicted molar refractivity (Wildman–Crippen MR) is 93.0 cm³/mol. The van der Waals surface area contributed by atoms with Crippen molar-refractivity contribution in [3.05, 3.63) is 65.3 Å². The number of rotatable bonds is 4. The second-order valence-electron chi connectivity index (χ2n) is 5.24. The Morgan fingerprint density at radius 2 is 2.00 bits per heavy atom. The molecule has 4 rings (SSSR count). The average molecular weight is 321 g/mol. The van der Waals surface area contributed by atoms with Crippen molar-refractivity contribution >= 4 is 27.4 Å². The highest BCUT2D eigenvalue weighted by molar-refractivity contribution is 7.18. The molecule has 4 aromatic rings. The molecule has 3 heterocycles. The number of nitrogens with zero attached hydrogens (tertiary/aromatic N) is 4. The van der Waals surface area contributed by atoms with Crippen molar-refractivity contribution in [3.63, 3.8) is 0 Å². The van der Waals surface area contributed by atoms with Crippen molar-refractivity contribution < 1.29 is 0 Å². The number of benzene rings is 1. The van der Waals surface area contributed by atoms with Crippen LogP contribution in [0, 0.1) is 6.92 Å². The van der Waals surface area contributed by atoms with Crippen molar-refractivity contribution in [2.75, 3.05) is 5.32 Å². The van der Waals surface area contributed by atoms with Gasteiger partial charge in [-0.15, -0.1) is 11.3 Å². The highest BCUT2D eigenvalue weighted by Crippen LogP contribution is 2.29. The van der Waals surface area contributed by atoms with E-state index >= 15 is 0 Å². The number of anilines is 1. The highest BCUT2D eigenvalue weighted by atomic mass is 32.1. The Kier molecular flexibility index (Phi) is 3.51. The summed E-state index contributed by atoms with van der Waals surface area (Å²) in [6.45, 7) is 2.81. The van der Waals surface area contributed by atoms with E-state index in [0.29, 0.717) is 5.95 Å². The van der Waals surface area contributed by atoms with Gasteiger partial charge in [-0.2, -0.15) is 15.1 Å². The Bertz CT molecular complexity index is 928. The molecule has 0 aliphatic carbocycles. The zero-order valence-electron chi connectivity index (χ0n) is 12.6. The van der Waals surface area contributed by atoms with Gasteiger partial charge in [0.25, 0.3) is 5.95 Å². The number of thiophene rings is 1. The van der Waals surface area contributed by atoms with Crippen LogP contribution in [0.2, 0.25) is 0 Å². The van der Waals surface area contributed by atoms with E-state index in [1.165, 1.54) is 10.4 Å². The number of hydrogen-bond donors (Lipinski definition) is 1. The van der Waals surface area contributed by atoms with Crippen LogP contribution in [-0.4, -0.2) is 19.7 Å². The molecule has 23 heavy (non-hydrogen) atoms. The van der Waals surface area contributed by atoms with Crippen LogP contribution in [0.4, 0.5) is 5.82 Å². The lowest BCUT2D eigenvalue weighted by Gasteiger charge is -2.09.